The lowest BCUT2D eigenvalue weighted by Gasteiger charge is -2.32. The molecule has 0 aliphatic carbocycles. The van der Waals surface area contributed by atoms with Crippen molar-refractivity contribution in [3.8, 4) is 0 Å². The van der Waals surface area contributed by atoms with Crippen LogP contribution >= 0.6 is 11.5 Å². The van der Waals surface area contributed by atoms with Crippen molar-refractivity contribution >= 4 is 34.9 Å². The molecule has 1 heterocycles. The van der Waals surface area contributed by atoms with Gasteiger partial charge in [-0.05, 0) is 48.2 Å². The highest BCUT2D eigenvalue weighted by atomic mass is 32.1. The van der Waals surface area contributed by atoms with E-state index < -0.39 is 17.9 Å². The second kappa shape index (κ2) is 12.3. The highest BCUT2D eigenvalue weighted by molar-refractivity contribution is 7.09. The Bertz CT molecular complexity index is 943. The lowest BCUT2D eigenvalue weighted by atomic mass is 10.00. The van der Waals surface area contributed by atoms with E-state index in [1.807, 2.05) is 44.2 Å². The number of nitrogens with zero attached hydrogens (tertiary/aromatic N) is 2. The third-order valence-electron chi connectivity index (χ3n) is 5.30. The van der Waals surface area contributed by atoms with Gasteiger partial charge in [0.15, 0.2) is 5.69 Å². The summed E-state index contributed by atoms with van der Waals surface area (Å²) in [5.41, 5.74) is 12.3. The number of anilines is 1. The molecule has 2 rings (SSSR count). The number of carbonyl (C=O) groups is 3. The number of nitrogen functional groups attached to an aromatic ring is 1. The van der Waals surface area contributed by atoms with Crippen molar-refractivity contribution in [3.05, 3.63) is 46.5 Å². The average Bonchev–Trinajstić information content (AvgIpc) is 3.14. The Morgan fingerprint density at radius 3 is 2.30 bits per heavy atom. The second-order valence-electron chi connectivity index (χ2n) is 8.99. The van der Waals surface area contributed by atoms with Crippen molar-refractivity contribution in [2.75, 3.05) is 18.8 Å². The molecule has 9 heteroatoms. The molecule has 1 atom stereocenters. The molecule has 0 aliphatic rings. The molecule has 1 aromatic carbocycles. The van der Waals surface area contributed by atoms with Gasteiger partial charge in [-0.25, -0.2) is 0 Å². The minimum absolute atomic E-state index is 0.0364. The van der Waals surface area contributed by atoms with E-state index in [1.54, 1.807) is 4.90 Å². The minimum Gasteiger partial charge on any atom is -0.395 e. The van der Waals surface area contributed by atoms with E-state index in [0.29, 0.717) is 31.8 Å². The maximum absolute atomic E-state index is 13.6. The molecule has 0 fully saturated rings. The van der Waals surface area contributed by atoms with Crippen molar-refractivity contribution in [1.82, 2.24) is 14.6 Å². The van der Waals surface area contributed by atoms with Crippen molar-refractivity contribution in [1.29, 1.82) is 0 Å². The Morgan fingerprint density at radius 1 is 1.09 bits per heavy atom. The maximum Gasteiger partial charge on any atom is 0.270 e. The molecule has 2 aromatic rings. The van der Waals surface area contributed by atoms with Crippen LogP contribution in [0, 0.1) is 11.8 Å². The zero-order chi connectivity index (χ0) is 24.5. The van der Waals surface area contributed by atoms with Crippen molar-refractivity contribution < 1.29 is 14.4 Å². The van der Waals surface area contributed by atoms with E-state index in [4.69, 9.17) is 11.5 Å². The molecule has 1 aromatic heterocycles. The van der Waals surface area contributed by atoms with Crippen LogP contribution in [0.5, 0.6) is 0 Å². The van der Waals surface area contributed by atoms with Crippen LogP contribution in [0.4, 0.5) is 5.69 Å². The van der Waals surface area contributed by atoms with Crippen LogP contribution in [0.15, 0.2) is 30.3 Å². The Hall–Kier alpha value is -2.94. The molecule has 3 amide bonds. The molecule has 5 N–H and O–H groups in total. The first-order valence-corrected chi connectivity index (χ1v) is 12.1. The van der Waals surface area contributed by atoms with E-state index >= 15 is 0 Å². The minimum atomic E-state index is -0.788. The standard InChI is InChI=1S/C24H35N5O3S/c1-15(2)10-12-27-23(31)18(14-16(3)4)29(13-11-17-8-6-5-7-9-17)24(32)21-19(25)20(22(26)30)28-33-21/h5-9,15-16,18H,10-14,25H2,1-4H3,(H2,26,30)(H,27,31)/t18-/m0/s1. The zero-order valence-corrected chi connectivity index (χ0v) is 20.7. The first-order valence-electron chi connectivity index (χ1n) is 11.3. The zero-order valence-electron chi connectivity index (χ0n) is 19.8. The summed E-state index contributed by atoms with van der Waals surface area (Å²) in [6, 6.07) is 9.09. The number of benzene rings is 1. The molecule has 0 unspecified atom stereocenters. The number of carbonyl (C=O) groups excluding carboxylic acids is 3. The molecule has 33 heavy (non-hydrogen) atoms. The normalized spacial score (nSPS) is 12.1. The number of aromatic nitrogens is 1. The summed E-state index contributed by atoms with van der Waals surface area (Å²) in [5.74, 6) is -0.766. The Balaban J connectivity index is 2.37. The predicted molar refractivity (Wildman–Crippen MR) is 132 cm³/mol. The lowest BCUT2D eigenvalue weighted by Crippen LogP contribution is -2.51. The maximum atomic E-state index is 13.6. The molecule has 0 saturated heterocycles. The van der Waals surface area contributed by atoms with Gasteiger partial charge in [-0.15, -0.1) is 0 Å². The monoisotopic (exact) mass is 473 g/mol. The fourth-order valence-electron chi connectivity index (χ4n) is 3.48. The molecule has 0 radical (unpaired) electrons. The average molecular weight is 474 g/mol. The molecule has 0 spiro atoms. The van der Waals surface area contributed by atoms with Crippen LogP contribution in [0.1, 0.15) is 66.3 Å². The number of primary amides is 1. The van der Waals surface area contributed by atoms with Crippen molar-refractivity contribution in [2.45, 2.75) is 53.0 Å². The molecule has 180 valence electrons. The Kier molecular flexibility index (Phi) is 9.84. The van der Waals surface area contributed by atoms with E-state index in [2.05, 4.69) is 23.5 Å². The summed E-state index contributed by atoms with van der Waals surface area (Å²) in [6.07, 6.45) is 1.92. The summed E-state index contributed by atoms with van der Waals surface area (Å²) >= 11 is 0.834. The van der Waals surface area contributed by atoms with Gasteiger partial charge >= 0.3 is 0 Å². The Labute approximate surface area is 199 Å². The van der Waals surface area contributed by atoms with Crippen molar-refractivity contribution in [3.63, 3.8) is 0 Å². The van der Waals surface area contributed by atoms with E-state index in [9.17, 15) is 14.4 Å². The third-order valence-corrected chi connectivity index (χ3v) is 6.15. The van der Waals surface area contributed by atoms with Gasteiger partial charge < -0.3 is 21.7 Å². The highest BCUT2D eigenvalue weighted by Crippen LogP contribution is 2.25. The summed E-state index contributed by atoms with van der Waals surface area (Å²) in [6.45, 7) is 9.08. The van der Waals surface area contributed by atoms with E-state index in [1.165, 1.54) is 0 Å². The number of nitrogens with one attached hydrogen (secondary N) is 1. The van der Waals surface area contributed by atoms with Crippen LogP contribution in [-0.2, 0) is 11.2 Å². The van der Waals surface area contributed by atoms with E-state index in [-0.39, 0.29) is 28.1 Å². The SMILES string of the molecule is CC(C)CCNC(=O)[C@H](CC(C)C)N(CCc1ccccc1)C(=O)c1snc(C(N)=O)c1N. The predicted octanol–water partition coefficient (Wildman–Crippen LogP) is 3.09. The molecule has 0 saturated carbocycles. The van der Waals surface area contributed by atoms with Crippen molar-refractivity contribution in [2.24, 2.45) is 17.6 Å². The fraction of sp³-hybridized carbons (Fsp3) is 0.500. The molecular formula is C24H35N5O3S. The first kappa shape index (κ1) is 26.3. The first-order chi connectivity index (χ1) is 15.6. The van der Waals surface area contributed by atoms with Gasteiger partial charge in [0, 0.05) is 13.1 Å². The Morgan fingerprint density at radius 2 is 1.76 bits per heavy atom. The third kappa shape index (κ3) is 7.56. The van der Waals surface area contributed by atoms with Crippen LogP contribution in [-0.4, -0.2) is 46.1 Å². The smallest absolute Gasteiger partial charge is 0.270 e. The molecule has 0 aliphatic heterocycles. The summed E-state index contributed by atoms with van der Waals surface area (Å²) in [5, 5.41) is 2.99. The van der Waals surface area contributed by atoms with E-state index in [0.717, 1.165) is 23.5 Å². The van der Waals surface area contributed by atoms with Crippen LogP contribution in [0.2, 0.25) is 0 Å². The van der Waals surface area contributed by atoms with Crippen LogP contribution in [0.25, 0.3) is 0 Å². The number of hydrogen-bond donors (Lipinski definition) is 3. The largest absolute Gasteiger partial charge is 0.395 e. The summed E-state index contributed by atoms with van der Waals surface area (Å²) < 4.78 is 3.97. The van der Waals surface area contributed by atoms with Gasteiger partial charge in [-0.3, -0.25) is 14.4 Å². The number of hydrogen-bond acceptors (Lipinski definition) is 6. The number of rotatable bonds is 12. The van der Waals surface area contributed by atoms with Gasteiger partial charge in [-0.2, -0.15) is 4.37 Å². The molecular weight excluding hydrogens is 438 g/mol. The van der Waals surface area contributed by atoms with Crippen LogP contribution < -0.4 is 16.8 Å². The lowest BCUT2D eigenvalue weighted by molar-refractivity contribution is -0.126. The topological polar surface area (TPSA) is 131 Å². The summed E-state index contributed by atoms with van der Waals surface area (Å²) in [4.78, 5) is 40.1. The number of nitrogens with two attached hydrogens (primary N) is 2. The quantitative estimate of drug-likeness (QED) is 0.436. The van der Waals surface area contributed by atoms with Gasteiger partial charge in [0.05, 0.1) is 5.69 Å². The number of amides is 3. The fourth-order valence-corrected chi connectivity index (χ4v) is 4.24. The van der Waals surface area contributed by atoms with Crippen LogP contribution in [0.3, 0.4) is 0 Å². The van der Waals surface area contributed by atoms with Gasteiger partial charge in [-0.1, -0.05) is 58.0 Å². The molecule has 8 nitrogen and oxygen atoms in total. The molecule has 0 bridgehead atoms. The van der Waals surface area contributed by atoms with Gasteiger partial charge in [0.1, 0.15) is 10.9 Å². The highest BCUT2D eigenvalue weighted by Gasteiger charge is 2.33. The van der Waals surface area contributed by atoms with Gasteiger partial charge in [0.2, 0.25) is 5.91 Å². The second-order valence-corrected chi connectivity index (χ2v) is 9.76. The van der Waals surface area contributed by atoms with Gasteiger partial charge in [0.25, 0.3) is 11.8 Å². The summed E-state index contributed by atoms with van der Waals surface area (Å²) in [7, 11) is 0.